The normalized spacial score (nSPS) is 10.6. The molecule has 0 saturated heterocycles. The Hall–Kier alpha value is -3.65. The maximum atomic E-state index is 12.7. The predicted octanol–water partition coefficient (Wildman–Crippen LogP) is 3.78. The molecule has 0 atom stereocenters. The van der Waals surface area contributed by atoms with Crippen molar-refractivity contribution in [2.24, 2.45) is 5.10 Å². The van der Waals surface area contributed by atoms with Gasteiger partial charge in [0.15, 0.2) is 11.5 Å². The van der Waals surface area contributed by atoms with Crippen LogP contribution in [0.15, 0.2) is 64.4 Å². The first-order valence-electron chi connectivity index (χ1n) is 8.60. The van der Waals surface area contributed by atoms with Gasteiger partial charge in [0.05, 0.1) is 31.7 Å². The molecule has 0 aliphatic carbocycles. The van der Waals surface area contributed by atoms with Crippen LogP contribution in [0.3, 0.4) is 0 Å². The van der Waals surface area contributed by atoms with Crippen molar-refractivity contribution in [1.82, 2.24) is 5.43 Å². The Labute approximate surface area is 172 Å². The van der Waals surface area contributed by atoms with Gasteiger partial charge in [-0.1, -0.05) is 12.1 Å². The van der Waals surface area contributed by atoms with E-state index in [1.165, 1.54) is 25.6 Å². The molecule has 1 aromatic heterocycles. The molecule has 0 saturated carbocycles. The van der Waals surface area contributed by atoms with E-state index in [9.17, 15) is 9.59 Å². The maximum absolute atomic E-state index is 12.7. The summed E-state index contributed by atoms with van der Waals surface area (Å²) in [5.74, 6) is 0.147. The van der Waals surface area contributed by atoms with Gasteiger partial charge in [0.2, 0.25) is 0 Å². The highest BCUT2D eigenvalue weighted by Gasteiger charge is 2.15. The number of nitrogens with one attached hydrogen (secondary N) is 2. The van der Waals surface area contributed by atoms with Gasteiger partial charge in [0.1, 0.15) is 0 Å². The van der Waals surface area contributed by atoms with Crippen LogP contribution < -0.4 is 20.2 Å². The summed E-state index contributed by atoms with van der Waals surface area (Å²) in [6.45, 7) is 0. The van der Waals surface area contributed by atoms with Crippen molar-refractivity contribution in [1.29, 1.82) is 0 Å². The summed E-state index contributed by atoms with van der Waals surface area (Å²) in [4.78, 5) is 25.1. The zero-order valence-electron chi connectivity index (χ0n) is 15.8. The monoisotopic (exact) mass is 409 g/mol. The van der Waals surface area contributed by atoms with E-state index < -0.39 is 5.91 Å². The van der Waals surface area contributed by atoms with Crippen molar-refractivity contribution in [2.45, 2.75) is 0 Å². The summed E-state index contributed by atoms with van der Waals surface area (Å²) < 4.78 is 10.4. The average molecular weight is 409 g/mol. The molecule has 2 aromatic carbocycles. The van der Waals surface area contributed by atoms with Crippen LogP contribution in [0.1, 0.15) is 26.3 Å². The second kappa shape index (κ2) is 9.52. The first-order valence-corrected chi connectivity index (χ1v) is 9.54. The Morgan fingerprint density at radius 3 is 2.52 bits per heavy atom. The van der Waals surface area contributed by atoms with Gasteiger partial charge in [0, 0.05) is 11.1 Å². The lowest BCUT2D eigenvalue weighted by Crippen LogP contribution is -2.21. The smallest absolute Gasteiger partial charge is 0.273 e. The van der Waals surface area contributed by atoms with Gasteiger partial charge in [-0.05, 0) is 47.2 Å². The number of methoxy groups -OCH3 is 2. The molecule has 3 rings (SSSR count). The molecule has 0 aliphatic heterocycles. The van der Waals surface area contributed by atoms with Crippen molar-refractivity contribution < 1.29 is 19.1 Å². The Kier molecular flexibility index (Phi) is 6.59. The van der Waals surface area contributed by atoms with Gasteiger partial charge in [0.25, 0.3) is 11.8 Å². The first-order chi connectivity index (χ1) is 14.1. The quantitative estimate of drug-likeness (QED) is 0.459. The molecule has 0 bridgehead atoms. The largest absolute Gasteiger partial charge is 0.493 e. The van der Waals surface area contributed by atoms with Gasteiger partial charge in [-0.2, -0.15) is 16.4 Å². The molecular formula is C21H19N3O4S. The third-order valence-electron chi connectivity index (χ3n) is 3.99. The number of hydrazone groups is 1. The van der Waals surface area contributed by atoms with Crippen LogP contribution in [0.2, 0.25) is 0 Å². The van der Waals surface area contributed by atoms with Crippen LogP contribution >= 0.6 is 11.3 Å². The number of amides is 2. The summed E-state index contributed by atoms with van der Waals surface area (Å²) in [6, 6.07) is 13.4. The zero-order valence-corrected chi connectivity index (χ0v) is 16.7. The van der Waals surface area contributed by atoms with E-state index in [1.807, 2.05) is 16.8 Å². The molecule has 0 aliphatic rings. The molecular weight excluding hydrogens is 390 g/mol. The minimum absolute atomic E-state index is 0.295. The number of hydrogen-bond acceptors (Lipinski definition) is 6. The number of rotatable bonds is 7. The van der Waals surface area contributed by atoms with Crippen LogP contribution in [0, 0.1) is 0 Å². The predicted molar refractivity (Wildman–Crippen MR) is 113 cm³/mol. The van der Waals surface area contributed by atoms with Crippen molar-refractivity contribution in [3.05, 3.63) is 76.0 Å². The fourth-order valence-corrected chi connectivity index (χ4v) is 3.15. The fourth-order valence-electron chi connectivity index (χ4n) is 2.54. The molecule has 2 amide bonds. The van der Waals surface area contributed by atoms with E-state index in [1.54, 1.807) is 48.7 Å². The summed E-state index contributed by atoms with van der Waals surface area (Å²) >= 11 is 1.54. The number of carbonyl (C=O) groups is 2. The topological polar surface area (TPSA) is 89.0 Å². The van der Waals surface area contributed by atoms with Gasteiger partial charge < -0.3 is 14.8 Å². The van der Waals surface area contributed by atoms with Gasteiger partial charge in [-0.25, -0.2) is 5.43 Å². The van der Waals surface area contributed by atoms with Gasteiger partial charge >= 0.3 is 0 Å². The average Bonchev–Trinajstić information content (AvgIpc) is 3.27. The lowest BCUT2D eigenvalue weighted by atomic mass is 10.1. The lowest BCUT2D eigenvalue weighted by molar-refractivity contribution is 0.0956. The number of nitrogens with zero attached hydrogens (tertiary/aromatic N) is 1. The van der Waals surface area contributed by atoms with E-state index in [0.717, 1.165) is 5.56 Å². The van der Waals surface area contributed by atoms with Crippen LogP contribution in [-0.2, 0) is 0 Å². The van der Waals surface area contributed by atoms with Crippen molar-refractivity contribution in [2.75, 3.05) is 19.5 Å². The van der Waals surface area contributed by atoms with E-state index in [-0.39, 0.29) is 5.91 Å². The SMILES string of the molecule is COc1ccc(C(=O)Nc2ccccc2C(=O)NN=Cc2ccsc2)cc1OC. The van der Waals surface area contributed by atoms with E-state index in [0.29, 0.717) is 28.3 Å². The third-order valence-corrected chi connectivity index (χ3v) is 4.69. The number of ether oxygens (including phenoxy) is 2. The Bertz CT molecular complexity index is 1030. The molecule has 0 radical (unpaired) electrons. The van der Waals surface area contributed by atoms with E-state index in [4.69, 9.17) is 9.47 Å². The second-order valence-electron chi connectivity index (χ2n) is 5.83. The van der Waals surface area contributed by atoms with Gasteiger partial charge in [-0.15, -0.1) is 0 Å². The van der Waals surface area contributed by atoms with Gasteiger partial charge in [-0.3, -0.25) is 9.59 Å². The third kappa shape index (κ3) is 4.99. The van der Waals surface area contributed by atoms with E-state index >= 15 is 0 Å². The zero-order chi connectivity index (χ0) is 20.6. The van der Waals surface area contributed by atoms with Crippen LogP contribution in [0.25, 0.3) is 0 Å². The van der Waals surface area contributed by atoms with Crippen LogP contribution in [0.4, 0.5) is 5.69 Å². The van der Waals surface area contributed by atoms with Crippen LogP contribution in [-0.4, -0.2) is 32.2 Å². The minimum atomic E-state index is -0.431. The lowest BCUT2D eigenvalue weighted by Gasteiger charge is -2.12. The Balaban J connectivity index is 1.74. The highest BCUT2D eigenvalue weighted by atomic mass is 32.1. The maximum Gasteiger partial charge on any atom is 0.273 e. The fraction of sp³-hybridized carbons (Fsp3) is 0.0952. The number of para-hydroxylation sites is 1. The standard InChI is InChI=1S/C21H19N3O4S/c1-27-18-8-7-15(11-19(18)28-2)20(25)23-17-6-4-3-5-16(17)21(26)24-22-12-14-9-10-29-13-14/h3-13H,1-2H3,(H,23,25)(H,24,26). The number of benzene rings is 2. The van der Waals surface area contributed by atoms with E-state index in [2.05, 4.69) is 15.8 Å². The molecule has 0 spiro atoms. The summed E-state index contributed by atoms with van der Waals surface area (Å²) in [5.41, 5.74) is 4.40. The van der Waals surface area contributed by atoms with Crippen molar-refractivity contribution in [3.8, 4) is 11.5 Å². The molecule has 0 unspecified atom stereocenters. The molecule has 8 heteroatoms. The number of anilines is 1. The number of carbonyl (C=O) groups excluding carboxylic acids is 2. The molecule has 148 valence electrons. The number of hydrogen-bond donors (Lipinski definition) is 2. The van der Waals surface area contributed by atoms with Crippen LogP contribution in [0.5, 0.6) is 11.5 Å². The molecule has 29 heavy (non-hydrogen) atoms. The highest BCUT2D eigenvalue weighted by Crippen LogP contribution is 2.28. The van der Waals surface area contributed by atoms with Crippen molar-refractivity contribution >= 4 is 35.1 Å². The summed E-state index contributed by atoms with van der Waals surface area (Å²) in [5, 5.41) is 10.5. The highest BCUT2D eigenvalue weighted by molar-refractivity contribution is 7.08. The summed E-state index contributed by atoms with van der Waals surface area (Å²) in [7, 11) is 3.02. The molecule has 3 aromatic rings. The summed E-state index contributed by atoms with van der Waals surface area (Å²) in [6.07, 6.45) is 1.55. The molecule has 2 N–H and O–H groups in total. The first kappa shape index (κ1) is 20.1. The molecule has 7 nitrogen and oxygen atoms in total. The van der Waals surface area contributed by atoms with Crippen molar-refractivity contribution in [3.63, 3.8) is 0 Å². The second-order valence-corrected chi connectivity index (χ2v) is 6.61. The molecule has 1 heterocycles. The molecule has 0 fully saturated rings. The Morgan fingerprint density at radius 2 is 1.79 bits per heavy atom. The Morgan fingerprint density at radius 1 is 1.00 bits per heavy atom. The number of thiophene rings is 1. The minimum Gasteiger partial charge on any atom is -0.493 e.